The van der Waals surface area contributed by atoms with E-state index in [0.717, 1.165) is 71.4 Å². The SMILES string of the molecule is CC(Cc1ccc(O)cc1)Cc1c(O)ccc2c1c1cc(O)ccc1c1c3ccc(O)cc3c3cc(O)ccc3c21. The minimum Gasteiger partial charge on any atom is -0.508 e. The highest BCUT2D eigenvalue weighted by Crippen LogP contribution is 2.47. The largest absolute Gasteiger partial charge is 0.508 e. The van der Waals surface area contributed by atoms with E-state index in [1.165, 1.54) is 0 Å². The molecule has 0 bridgehead atoms. The minimum absolute atomic E-state index is 0.136. The minimum atomic E-state index is 0.136. The molecular weight excluding hydrogens is 512 g/mol. The van der Waals surface area contributed by atoms with Gasteiger partial charge in [0.05, 0.1) is 0 Å². The summed E-state index contributed by atoms with van der Waals surface area (Å²) in [5.74, 6) is 1.02. The second kappa shape index (κ2) is 9.20. The third-order valence-corrected chi connectivity index (χ3v) is 8.26. The Kier molecular flexibility index (Phi) is 5.58. The Hall–Kier alpha value is -5.16. The number of phenols is 5. The van der Waals surface area contributed by atoms with Crippen molar-refractivity contribution in [3.63, 3.8) is 0 Å². The van der Waals surface area contributed by atoms with Crippen LogP contribution in [-0.2, 0) is 12.8 Å². The van der Waals surface area contributed by atoms with Crippen LogP contribution in [0.1, 0.15) is 18.1 Å². The lowest BCUT2D eigenvalue weighted by atomic mass is 9.83. The quantitative estimate of drug-likeness (QED) is 0.144. The lowest BCUT2D eigenvalue weighted by Gasteiger charge is -2.20. The van der Waals surface area contributed by atoms with Gasteiger partial charge < -0.3 is 25.5 Å². The Morgan fingerprint density at radius 1 is 0.439 bits per heavy atom. The fraction of sp³-hybridized carbons (Fsp3) is 0.111. The van der Waals surface area contributed by atoms with Crippen molar-refractivity contribution in [1.29, 1.82) is 0 Å². The van der Waals surface area contributed by atoms with E-state index in [-0.39, 0.29) is 34.7 Å². The van der Waals surface area contributed by atoms with E-state index in [4.69, 9.17) is 0 Å². The number of phenolic OH excluding ortho intramolecular Hbond substituents is 5. The predicted octanol–water partition coefficient (Wildman–Crippen LogP) is 8.40. The first-order valence-electron chi connectivity index (χ1n) is 13.7. The summed E-state index contributed by atoms with van der Waals surface area (Å²) < 4.78 is 0. The van der Waals surface area contributed by atoms with Crippen molar-refractivity contribution in [2.45, 2.75) is 19.8 Å². The summed E-state index contributed by atoms with van der Waals surface area (Å²) in [7, 11) is 0. The fourth-order valence-electron chi connectivity index (χ4n) is 6.55. The Labute approximate surface area is 235 Å². The van der Waals surface area contributed by atoms with Gasteiger partial charge in [-0.15, -0.1) is 0 Å². The van der Waals surface area contributed by atoms with Gasteiger partial charge in [-0.3, -0.25) is 0 Å². The first kappa shape index (κ1) is 24.9. The first-order valence-corrected chi connectivity index (χ1v) is 13.7. The topological polar surface area (TPSA) is 101 Å². The maximum atomic E-state index is 11.3. The van der Waals surface area contributed by atoms with Crippen molar-refractivity contribution in [1.82, 2.24) is 0 Å². The number of aromatic hydroxyl groups is 5. The van der Waals surface area contributed by atoms with Crippen molar-refractivity contribution in [2.75, 3.05) is 0 Å². The molecule has 0 heterocycles. The van der Waals surface area contributed by atoms with Crippen LogP contribution in [0.25, 0.3) is 53.9 Å². The second-order valence-corrected chi connectivity index (χ2v) is 11.1. The van der Waals surface area contributed by atoms with Crippen LogP contribution in [0.5, 0.6) is 28.7 Å². The summed E-state index contributed by atoms with van der Waals surface area (Å²) >= 11 is 0. The molecule has 1 atom stereocenters. The second-order valence-electron chi connectivity index (χ2n) is 11.1. The van der Waals surface area contributed by atoms with Gasteiger partial charge in [-0.2, -0.15) is 0 Å². The van der Waals surface area contributed by atoms with Crippen LogP contribution >= 0.6 is 0 Å². The average Bonchev–Trinajstić information content (AvgIpc) is 2.95. The van der Waals surface area contributed by atoms with E-state index in [1.807, 2.05) is 36.4 Å². The van der Waals surface area contributed by atoms with Crippen LogP contribution in [-0.4, -0.2) is 25.5 Å². The van der Waals surface area contributed by atoms with Gasteiger partial charge in [-0.25, -0.2) is 0 Å². The Balaban J connectivity index is 1.60. The standard InChI is InChI=1S/C36H28O5/c1-19(14-20-2-4-21(37)5-3-20)15-32-33(41)13-12-28-34(32)31-18-24(40)8-11-27(31)35-25-9-6-22(38)16-29(25)30-17-23(39)7-10-26(30)36(28)35/h2-13,16-19,37-41H,14-15H2,1H3. The van der Waals surface area contributed by atoms with Gasteiger partial charge in [0, 0.05) is 5.56 Å². The zero-order valence-corrected chi connectivity index (χ0v) is 22.4. The van der Waals surface area contributed by atoms with Crippen molar-refractivity contribution in [2.24, 2.45) is 5.92 Å². The number of hydrogen-bond donors (Lipinski definition) is 5. The molecule has 5 N–H and O–H groups in total. The van der Waals surface area contributed by atoms with E-state index >= 15 is 0 Å². The van der Waals surface area contributed by atoms with E-state index in [2.05, 4.69) is 6.92 Å². The molecule has 41 heavy (non-hydrogen) atoms. The van der Waals surface area contributed by atoms with Crippen LogP contribution in [0, 0.1) is 5.92 Å². The molecule has 5 nitrogen and oxygen atoms in total. The van der Waals surface area contributed by atoms with Crippen LogP contribution in [0.15, 0.2) is 91.0 Å². The van der Waals surface area contributed by atoms with Crippen molar-refractivity contribution in [3.05, 3.63) is 102 Å². The Morgan fingerprint density at radius 3 is 1.49 bits per heavy atom. The molecular formula is C36H28O5. The first-order chi connectivity index (χ1) is 19.8. The summed E-state index contributed by atoms with van der Waals surface area (Å²) in [6.45, 7) is 2.14. The van der Waals surface area contributed by atoms with Crippen LogP contribution in [0.3, 0.4) is 0 Å². The molecule has 0 aliphatic heterocycles. The van der Waals surface area contributed by atoms with Crippen molar-refractivity contribution < 1.29 is 25.5 Å². The summed E-state index contributed by atoms with van der Waals surface area (Å²) in [4.78, 5) is 0. The molecule has 5 heteroatoms. The molecule has 0 aliphatic rings. The normalized spacial score (nSPS) is 12.6. The summed E-state index contributed by atoms with van der Waals surface area (Å²) in [5.41, 5.74) is 1.91. The van der Waals surface area contributed by atoms with Gasteiger partial charge >= 0.3 is 0 Å². The number of fused-ring (bicyclic) bond motifs is 11. The van der Waals surface area contributed by atoms with Gasteiger partial charge in [-0.1, -0.05) is 43.3 Å². The molecule has 0 radical (unpaired) electrons. The number of rotatable bonds is 4. The van der Waals surface area contributed by atoms with E-state index in [1.54, 1.807) is 54.6 Å². The number of hydrogen-bond acceptors (Lipinski definition) is 5. The zero-order valence-electron chi connectivity index (χ0n) is 22.4. The molecule has 7 aromatic carbocycles. The molecule has 0 saturated heterocycles. The van der Waals surface area contributed by atoms with E-state index < -0.39 is 0 Å². The summed E-state index contributed by atoms with van der Waals surface area (Å²) in [6.07, 6.45) is 1.36. The van der Waals surface area contributed by atoms with Crippen LogP contribution < -0.4 is 0 Å². The molecule has 0 aromatic heterocycles. The third kappa shape index (κ3) is 4.01. The summed E-state index contributed by atoms with van der Waals surface area (Å²) in [6, 6.07) is 26.8. The lowest BCUT2D eigenvalue weighted by Crippen LogP contribution is -2.05. The van der Waals surface area contributed by atoms with Crippen molar-refractivity contribution in [3.8, 4) is 28.7 Å². The molecule has 0 fully saturated rings. The van der Waals surface area contributed by atoms with Crippen LogP contribution in [0.2, 0.25) is 0 Å². The number of benzene rings is 7. The predicted molar refractivity (Wildman–Crippen MR) is 165 cm³/mol. The van der Waals surface area contributed by atoms with E-state index in [0.29, 0.717) is 6.42 Å². The molecule has 0 saturated carbocycles. The Bertz CT molecular complexity index is 2160. The third-order valence-electron chi connectivity index (χ3n) is 8.26. The maximum Gasteiger partial charge on any atom is 0.119 e. The molecule has 202 valence electrons. The van der Waals surface area contributed by atoms with Gasteiger partial charge in [0.25, 0.3) is 0 Å². The summed E-state index contributed by atoms with van der Waals surface area (Å²) in [5, 5.41) is 61.4. The molecule has 1 unspecified atom stereocenters. The van der Waals surface area contributed by atoms with Gasteiger partial charge in [0.15, 0.2) is 0 Å². The molecule has 0 spiro atoms. The van der Waals surface area contributed by atoms with Gasteiger partial charge in [0.1, 0.15) is 28.7 Å². The van der Waals surface area contributed by atoms with E-state index in [9.17, 15) is 25.5 Å². The molecule has 0 amide bonds. The highest BCUT2D eigenvalue weighted by Gasteiger charge is 2.21. The van der Waals surface area contributed by atoms with Crippen LogP contribution in [0.4, 0.5) is 0 Å². The van der Waals surface area contributed by atoms with Gasteiger partial charge in [-0.05, 0) is 133 Å². The highest BCUT2D eigenvalue weighted by atomic mass is 16.3. The molecule has 0 aliphatic carbocycles. The average molecular weight is 541 g/mol. The lowest BCUT2D eigenvalue weighted by molar-refractivity contribution is 0.460. The zero-order chi connectivity index (χ0) is 28.4. The van der Waals surface area contributed by atoms with Gasteiger partial charge in [0.2, 0.25) is 0 Å². The highest BCUT2D eigenvalue weighted by molar-refractivity contribution is 6.40. The van der Waals surface area contributed by atoms with Crippen molar-refractivity contribution >= 4 is 53.9 Å². The monoisotopic (exact) mass is 540 g/mol. The maximum absolute atomic E-state index is 11.3. The fourth-order valence-corrected chi connectivity index (χ4v) is 6.55. The smallest absolute Gasteiger partial charge is 0.119 e. The Morgan fingerprint density at radius 2 is 0.902 bits per heavy atom. The molecule has 7 aromatic rings. The molecule has 7 rings (SSSR count).